The zero-order valence-corrected chi connectivity index (χ0v) is 101. The molecule has 46 heteroatoms. The Bertz CT molecular complexity index is 3070. The van der Waals surface area contributed by atoms with E-state index >= 15 is 0 Å². The molecule has 6 N–H and O–H groups in total. The van der Waals surface area contributed by atoms with Crippen LogP contribution in [0.25, 0.3) is 0 Å². The summed E-state index contributed by atoms with van der Waals surface area (Å²) in [4.78, 5) is 61.5. The first-order valence-electron chi connectivity index (χ1n) is 46.4. The molecule has 0 heterocycles. The molecule has 0 aromatic carbocycles. The van der Waals surface area contributed by atoms with Crippen LogP contribution in [0.15, 0.2) is 0 Å². The maximum atomic E-state index is 11.8. The fraction of sp³-hybridized carbons (Fsp3) is 0.936. The quantitative estimate of drug-likeness (QED) is 0.00718. The Kier molecular flexibility index (Phi) is 124. The van der Waals surface area contributed by atoms with E-state index < -0.39 is 56.8 Å². The van der Waals surface area contributed by atoms with Gasteiger partial charge in [-0.2, -0.15) is 24.4 Å². The molecule has 0 amide bonds. The van der Waals surface area contributed by atoms with Crippen molar-refractivity contribution >= 4 is 138 Å². The Hall–Kier alpha value is -0.880. The van der Waals surface area contributed by atoms with E-state index in [1.807, 2.05) is 94.8 Å². The van der Waals surface area contributed by atoms with E-state index in [1.165, 1.54) is 65.0 Å². The van der Waals surface area contributed by atoms with Crippen LogP contribution >= 0.6 is 63.9 Å². The molecule has 0 aliphatic heterocycles. The van der Waals surface area contributed by atoms with Gasteiger partial charge in [0.1, 0.15) is 19.8 Å². The molecule has 0 rings (SSSR count). The van der Waals surface area contributed by atoms with Crippen LogP contribution in [0.5, 0.6) is 0 Å². The smallest absolute Gasteiger partial charge is 0.870 e. The number of aliphatic hydroxyl groups is 3. The molecule has 0 spiro atoms. The summed E-state index contributed by atoms with van der Waals surface area (Å²) in [5.74, 6) is 2.85. The van der Waals surface area contributed by atoms with Crippen LogP contribution in [0, 0.1) is 32.5 Å². The normalized spacial score (nSPS) is 11.7. The van der Waals surface area contributed by atoms with Gasteiger partial charge in [0.2, 0.25) is 0 Å². The number of alkyl halides is 1. The van der Waals surface area contributed by atoms with Crippen molar-refractivity contribution in [3.05, 3.63) is 0 Å². The number of sulfone groups is 4. The number of rotatable bonds is 64. The third kappa shape index (κ3) is 195. The van der Waals surface area contributed by atoms with Gasteiger partial charge in [0.25, 0.3) is 0 Å². The summed E-state index contributed by atoms with van der Waals surface area (Å²) in [5.41, 5.74) is 6.42. The van der Waals surface area contributed by atoms with E-state index in [1.54, 1.807) is 20.8 Å². The molecule has 0 bridgehead atoms. The van der Waals surface area contributed by atoms with Crippen molar-refractivity contribution < 1.29 is 193 Å². The van der Waals surface area contributed by atoms with Gasteiger partial charge in [-0.15, -0.1) is 0 Å². The first kappa shape index (κ1) is 167. The summed E-state index contributed by atoms with van der Waals surface area (Å²) in [5, 5.41) is 26.3. The Morgan fingerprint density at radius 1 is 0.314 bits per heavy atom. The number of carbonyl (C=O) groups excluding carboxylic acids is 6. The van der Waals surface area contributed by atoms with Gasteiger partial charge < -0.3 is 102 Å². The number of hydrogen-bond donors (Lipinski definition) is 5. The van der Waals surface area contributed by atoms with E-state index in [2.05, 4.69) is 114 Å². The number of halogens is 2. The zero-order chi connectivity index (χ0) is 108. The van der Waals surface area contributed by atoms with Gasteiger partial charge >= 0.3 is 59.4 Å². The molecule has 36 nitrogen and oxygen atoms in total. The van der Waals surface area contributed by atoms with Gasteiger partial charge in [0.05, 0.1) is 242 Å². The monoisotopic (exact) mass is 2260 g/mol. The van der Waals surface area contributed by atoms with E-state index in [4.69, 9.17) is 89.8 Å². The second-order valence-electron chi connectivity index (χ2n) is 39.4. The van der Waals surface area contributed by atoms with Gasteiger partial charge in [-0.1, -0.05) is 160 Å². The summed E-state index contributed by atoms with van der Waals surface area (Å²) in [6.07, 6.45) is 5.94. The molecule has 846 valence electrons. The van der Waals surface area contributed by atoms with Crippen LogP contribution in [0.2, 0.25) is 0 Å². The number of aliphatic hydroxyl groups excluding tert-OH is 3. The topological polar surface area (TPSA) is 513 Å². The molecule has 0 saturated carbocycles. The van der Waals surface area contributed by atoms with Gasteiger partial charge in [-0.25, -0.2) is 33.7 Å². The zero-order valence-electron chi connectivity index (χ0n) is 91.0. The number of ether oxygens (including phenoxy) is 16. The van der Waals surface area contributed by atoms with E-state index in [0.29, 0.717) is 161 Å². The standard InChI is InChI=1S/2C14H28O6S.C13H27NO6S.C12H26O5S.C12H26O3S.C8H16OS.C6H13BrO3.C6H14S.C4H9ClO.C4H6O3.CH4.Na.H2O/c2*1-13(15)20-9-8-18-6-7-19-10-12-21(16,17)11-5-14(2,3)4;1-12(15)20-8-7-18-5-6-19-9-11-21(16,17)10-4-13(2,3)14;1-12(2,3)4-10-18(14,15)11-9-17-8-7-16-6-5-13;1-12(2,3)4-10-16-11-9-15-8-7-14-6-5-13;1-7(9)10-6-5-8(2,3)4;7-1-3-9-5-6-10-4-2-8;1-6(2,3)4-5-7;1-4(2,3)6-5;1-3(5)7-4(2)6;;;/h2*5-12H2,1-4H3;4-11,14H2,1-3H3;13H,4-11H2,1-3H3;13H,4-11H2,1-3H3;5-6H2,1-4H3;8H,1-6H2;7H,4-5H2,1-3H3;1-3H3;1-2H3;1H4;;1H2/q;;;;;;;;;;;+1;/p-1. The Morgan fingerprint density at radius 2 is 0.529 bits per heavy atom. The second-order valence-corrected chi connectivity index (χ2v) is 52.5. The number of thiol groups is 1. The van der Waals surface area contributed by atoms with Gasteiger partial charge in [0, 0.05) is 63.9 Å². The van der Waals surface area contributed by atoms with Crippen LogP contribution in [-0.4, -0.2) is 373 Å². The Balaban J connectivity index is -0.000000119. The molecule has 0 aromatic heterocycles. The average Bonchev–Trinajstić information content (AvgIpc) is 0.920. The fourth-order valence-electron chi connectivity index (χ4n) is 7.51. The molecular weight excluding hydrogens is 2070 g/mol. The summed E-state index contributed by atoms with van der Waals surface area (Å²) in [6.45, 7) is 65.6. The van der Waals surface area contributed by atoms with Crippen molar-refractivity contribution in [2.24, 2.45) is 38.2 Å². The molecule has 0 unspecified atom stereocenters. The summed E-state index contributed by atoms with van der Waals surface area (Å²) >= 11 is 15.7. The van der Waals surface area contributed by atoms with Gasteiger partial charge in [0.15, 0.2) is 44.5 Å². The van der Waals surface area contributed by atoms with Crippen LogP contribution in [0.4, 0.5) is 0 Å². The van der Waals surface area contributed by atoms with E-state index in [9.17, 15) is 62.4 Å². The average molecular weight is 2270 g/mol. The molecule has 0 fully saturated rings. The summed E-state index contributed by atoms with van der Waals surface area (Å²) < 4.78 is 178. The van der Waals surface area contributed by atoms with Crippen molar-refractivity contribution in [3.8, 4) is 0 Å². The minimum absolute atomic E-state index is 0. The summed E-state index contributed by atoms with van der Waals surface area (Å²) in [7, 11) is -12.2. The minimum atomic E-state index is -3.13. The maximum Gasteiger partial charge on any atom is 1.00 e. The molecule has 0 radical (unpaired) electrons. The third-order valence-electron chi connectivity index (χ3n) is 15.4. The van der Waals surface area contributed by atoms with Crippen molar-refractivity contribution in [2.75, 3.05) is 273 Å². The Morgan fingerprint density at radius 3 is 0.714 bits per heavy atom. The molecule has 0 aromatic rings. The van der Waals surface area contributed by atoms with Crippen molar-refractivity contribution in [2.45, 2.75) is 264 Å². The van der Waals surface area contributed by atoms with E-state index in [0.717, 1.165) is 35.6 Å². The van der Waals surface area contributed by atoms with E-state index in [-0.39, 0.29) is 206 Å². The minimum Gasteiger partial charge on any atom is -0.870 e. The predicted octanol–water partition coefficient (Wildman–Crippen LogP) is 11.0. The fourth-order valence-corrected chi connectivity index (χ4v) is 16.5. The number of esters is 5. The van der Waals surface area contributed by atoms with Crippen LogP contribution in [-0.2, 0) is 148 Å². The Labute approximate surface area is 898 Å². The molecule has 140 heavy (non-hydrogen) atoms. The first-order chi connectivity index (χ1) is 62.8. The van der Waals surface area contributed by atoms with Gasteiger partial charge in [-0.05, 0) is 124 Å². The summed E-state index contributed by atoms with van der Waals surface area (Å²) in [6, 6.07) is 0. The second kappa shape index (κ2) is 104. The predicted molar refractivity (Wildman–Crippen MR) is 569 cm³/mol. The SMILES string of the molecule is C.CC(=O)OC(C)=O.CC(=O)OCCOCCOCCS(=O)(=O)CCC(C)(C)C.CC(=O)OCCOCCOCCS(=O)(=O)CCC(C)(C)C.CC(=O)OCCOCCOCCS(=O)(=O)CCC(C)(C)N.CC(=O)SCCC(C)(C)C.CC(C)(C)CCS.CC(C)(C)CCS(=O)(=O)CCOCCOCCO.CC(C)(C)CCSCCOCCOCCO.CC(C)(C)OCl.OCCOCCOCCBr.[Na+].[OH-]. The van der Waals surface area contributed by atoms with Crippen LogP contribution < -0.4 is 35.3 Å². The molecule has 0 atom stereocenters. The van der Waals surface area contributed by atoms with Crippen LogP contribution in [0.3, 0.4) is 0 Å². The van der Waals surface area contributed by atoms with Crippen molar-refractivity contribution in [1.29, 1.82) is 0 Å². The first-order valence-corrected chi connectivity index (χ1v) is 57.9. The number of nitrogens with two attached hydrogens (primary N) is 1. The largest absolute Gasteiger partial charge is 1.00 e. The molecule has 0 saturated heterocycles. The number of hydrogen-bond acceptors (Lipinski definition) is 39. The maximum absolute atomic E-state index is 11.8. The van der Waals surface area contributed by atoms with Crippen LogP contribution in [0.1, 0.15) is 253 Å². The van der Waals surface area contributed by atoms with Gasteiger partial charge in [-0.3, -0.25) is 33.1 Å². The molecule has 0 aliphatic carbocycles. The third-order valence-corrected chi connectivity index (χ3v) is 24.6. The molecule has 0 aliphatic rings. The molecular formula is C94H198BrClNNaO35S7. The van der Waals surface area contributed by atoms with Crippen molar-refractivity contribution in [1.82, 2.24) is 0 Å². The number of thioether (sulfide) groups is 2. The number of carbonyl (C=O) groups is 6. The van der Waals surface area contributed by atoms with Crippen molar-refractivity contribution in [3.63, 3.8) is 0 Å².